The Kier molecular flexibility index (Phi) is 17.1. The van der Waals surface area contributed by atoms with Gasteiger partial charge in [-0.05, 0) is 60.1 Å². The highest BCUT2D eigenvalue weighted by Crippen LogP contribution is 2.17. The molecule has 0 saturated heterocycles. The van der Waals surface area contributed by atoms with Gasteiger partial charge in [0.1, 0.15) is 24.3 Å². The topological polar surface area (TPSA) is 189 Å². The summed E-state index contributed by atoms with van der Waals surface area (Å²) in [6.07, 6.45) is 0.347. The molecule has 58 heavy (non-hydrogen) atoms. The van der Waals surface area contributed by atoms with E-state index in [2.05, 4.69) is 31.2 Å². The second-order valence-electron chi connectivity index (χ2n) is 15.3. The molecule has 0 unspecified atom stereocenters. The highest BCUT2D eigenvalue weighted by Gasteiger charge is 2.38. The van der Waals surface area contributed by atoms with Crippen molar-refractivity contribution in [1.29, 1.82) is 0 Å². The van der Waals surface area contributed by atoms with Crippen molar-refractivity contribution in [3.63, 3.8) is 0 Å². The van der Waals surface area contributed by atoms with Crippen LogP contribution in [0, 0.1) is 11.8 Å². The summed E-state index contributed by atoms with van der Waals surface area (Å²) in [5.74, 6) is -1.79. The molecular weight excluding hydrogens is 737 g/mol. The van der Waals surface area contributed by atoms with E-state index in [4.69, 9.17) is 0 Å². The lowest BCUT2D eigenvalue weighted by Gasteiger charge is -2.35. The monoisotopic (exact) mass is 794 g/mol. The van der Waals surface area contributed by atoms with Gasteiger partial charge >= 0.3 is 12.1 Å². The molecule has 0 aliphatic heterocycles. The first-order chi connectivity index (χ1) is 27.7. The summed E-state index contributed by atoms with van der Waals surface area (Å²) in [5.41, 5.74) is 2.91. The second-order valence-corrected chi connectivity index (χ2v) is 15.3. The van der Waals surface area contributed by atoms with Crippen LogP contribution in [0.15, 0.2) is 109 Å². The van der Waals surface area contributed by atoms with Gasteiger partial charge in [0.2, 0.25) is 11.8 Å². The molecule has 0 spiro atoms. The van der Waals surface area contributed by atoms with E-state index in [1.54, 1.807) is 78.4 Å². The summed E-state index contributed by atoms with van der Waals surface area (Å²) in [4.78, 5) is 66.0. The number of nitrogens with zero attached hydrogens (tertiary/aromatic N) is 4. The van der Waals surface area contributed by atoms with Gasteiger partial charge in [-0.25, -0.2) is 9.59 Å². The van der Waals surface area contributed by atoms with Crippen LogP contribution in [0.1, 0.15) is 50.2 Å². The third kappa shape index (κ3) is 13.7. The normalized spacial score (nSPS) is 14.3. The predicted molar refractivity (Wildman–Crippen MR) is 222 cm³/mol. The number of aromatic nitrogens is 2. The largest absolute Gasteiger partial charge is 0.388 e. The number of aliphatic hydroxyl groups is 2. The number of carbonyl (C=O) groups excluding carboxylic acids is 4. The van der Waals surface area contributed by atoms with E-state index in [0.717, 1.165) is 11.1 Å². The standard InChI is InChI=1S/C44H58N8O6/c1-29(2)37(49-43(57)51(5)27-33-21-13-15-23-45-33)41(55)47-35(25-31-17-9-7-10-18-31)39(53)40(54)36(26-32-19-11-8-12-20-32)48-42(56)38(30(3)4)50-44(58)52(6)28-34-22-14-16-24-46-34/h7-24,29-30,35-40,53-54H,25-28H2,1-6H3,(H,47,55)(H,48,56)(H,49,57)(H,50,58)/t35-,36-,37-,38+,39+,40+/m0/s1. The lowest BCUT2D eigenvalue weighted by atomic mass is 9.90. The van der Waals surface area contributed by atoms with Crippen LogP contribution in [0.25, 0.3) is 0 Å². The third-order valence-corrected chi connectivity index (χ3v) is 9.83. The lowest BCUT2D eigenvalue weighted by molar-refractivity contribution is -0.129. The number of urea groups is 2. The molecular formula is C44H58N8O6. The lowest BCUT2D eigenvalue weighted by Crippen LogP contribution is -2.62. The van der Waals surface area contributed by atoms with Crippen molar-refractivity contribution in [1.82, 2.24) is 41.0 Å². The van der Waals surface area contributed by atoms with Crippen LogP contribution in [-0.4, -0.2) is 104 Å². The number of benzene rings is 2. The smallest absolute Gasteiger partial charge is 0.318 e. The predicted octanol–water partition coefficient (Wildman–Crippen LogP) is 3.69. The van der Waals surface area contributed by atoms with E-state index < -0.39 is 60.3 Å². The molecule has 6 N–H and O–H groups in total. The zero-order valence-corrected chi connectivity index (χ0v) is 34.2. The van der Waals surface area contributed by atoms with Crippen molar-refractivity contribution in [2.24, 2.45) is 11.8 Å². The highest BCUT2D eigenvalue weighted by atomic mass is 16.3. The summed E-state index contributed by atoms with van der Waals surface area (Å²) >= 11 is 0. The van der Waals surface area contributed by atoms with Crippen molar-refractivity contribution < 1.29 is 29.4 Å². The summed E-state index contributed by atoms with van der Waals surface area (Å²) in [6.45, 7) is 7.63. The molecule has 0 aliphatic rings. The van der Waals surface area contributed by atoms with Crippen molar-refractivity contribution in [3.8, 4) is 0 Å². The van der Waals surface area contributed by atoms with Crippen molar-refractivity contribution in [2.45, 2.75) is 90.0 Å². The molecule has 14 nitrogen and oxygen atoms in total. The molecule has 0 bridgehead atoms. The first-order valence-electron chi connectivity index (χ1n) is 19.6. The number of hydrogen-bond acceptors (Lipinski definition) is 8. The van der Waals surface area contributed by atoms with Crippen LogP contribution in [0.2, 0.25) is 0 Å². The van der Waals surface area contributed by atoms with Gasteiger partial charge in [-0.1, -0.05) is 100 Å². The Hall–Kier alpha value is -5.86. The number of pyridine rings is 2. The molecule has 2 heterocycles. The van der Waals surface area contributed by atoms with Gasteiger partial charge < -0.3 is 41.3 Å². The SMILES string of the molecule is CC(C)[C@H](NC(=O)N(C)Cc1ccccn1)C(=O)N[C@@H](Cc1ccccc1)[C@@H](O)[C@H](O)[C@H](Cc1ccccc1)NC(=O)[C@H](NC(=O)N(C)Cc1ccccn1)C(C)C. The Bertz CT molecular complexity index is 1730. The molecule has 0 fully saturated rings. The summed E-state index contributed by atoms with van der Waals surface area (Å²) in [5, 5.41) is 35.5. The van der Waals surface area contributed by atoms with Gasteiger partial charge in [0.15, 0.2) is 0 Å². The number of rotatable bonds is 19. The van der Waals surface area contributed by atoms with Gasteiger partial charge in [0.05, 0.1) is 36.6 Å². The van der Waals surface area contributed by atoms with Crippen LogP contribution >= 0.6 is 0 Å². The van der Waals surface area contributed by atoms with E-state index in [-0.39, 0.29) is 37.8 Å². The Labute approximate surface area is 341 Å². The number of aliphatic hydroxyl groups excluding tert-OH is 2. The Balaban J connectivity index is 1.56. The minimum atomic E-state index is -1.59. The molecule has 14 heteroatoms. The minimum absolute atomic E-state index is 0.127. The number of amides is 6. The molecule has 2 aromatic heterocycles. The van der Waals surface area contributed by atoms with Crippen molar-refractivity contribution in [2.75, 3.05) is 14.1 Å². The molecule has 4 rings (SSSR count). The molecule has 2 aromatic carbocycles. The maximum atomic E-state index is 14.0. The molecule has 4 aromatic rings. The van der Waals surface area contributed by atoms with E-state index in [0.29, 0.717) is 11.4 Å². The van der Waals surface area contributed by atoms with Gasteiger partial charge in [-0.2, -0.15) is 0 Å². The quantitative estimate of drug-likeness (QED) is 0.0829. The number of carbonyl (C=O) groups is 4. The molecule has 0 saturated carbocycles. The fourth-order valence-electron chi connectivity index (χ4n) is 6.44. The molecule has 6 amide bonds. The minimum Gasteiger partial charge on any atom is -0.388 e. The van der Waals surface area contributed by atoms with Crippen LogP contribution in [0.4, 0.5) is 9.59 Å². The van der Waals surface area contributed by atoms with E-state index in [1.165, 1.54) is 9.80 Å². The number of hydrogen-bond donors (Lipinski definition) is 6. The maximum Gasteiger partial charge on any atom is 0.318 e. The Morgan fingerprint density at radius 2 is 0.879 bits per heavy atom. The van der Waals surface area contributed by atoms with Crippen LogP contribution in [-0.2, 0) is 35.5 Å². The summed E-state index contributed by atoms with van der Waals surface area (Å²) < 4.78 is 0. The van der Waals surface area contributed by atoms with Gasteiger partial charge in [-0.3, -0.25) is 19.6 Å². The Morgan fingerprint density at radius 3 is 1.19 bits per heavy atom. The fourth-order valence-corrected chi connectivity index (χ4v) is 6.44. The van der Waals surface area contributed by atoms with Crippen LogP contribution < -0.4 is 21.3 Å². The molecule has 6 atom stereocenters. The van der Waals surface area contributed by atoms with Gasteiger partial charge in [0, 0.05) is 26.5 Å². The zero-order valence-electron chi connectivity index (χ0n) is 34.2. The van der Waals surface area contributed by atoms with E-state index in [1.807, 2.05) is 72.8 Å². The average molecular weight is 795 g/mol. The van der Waals surface area contributed by atoms with E-state index >= 15 is 0 Å². The first-order valence-corrected chi connectivity index (χ1v) is 19.6. The van der Waals surface area contributed by atoms with Crippen molar-refractivity contribution in [3.05, 3.63) is 132 Å². The van der Waals surface area contributed by atoms with Gasteiger partial charge in [0.25, 0.3) is 0 Å². The third-order valence-electron chi connectivity index (χ3n) is 9.83. The first kappa shape index (κ1) is 44.8. The van der Waals surface area contributed by atoms with Gasteiger partial charge in [-0.15, -0.1) is 0 Å². The summed E-state index contributed by atoms with van der Waals surface area (Å²) in [6, 6.07) is 24.2. The second kappa shape index (κ2) is 22.2. The highest BCUT2D eigenvalue weighted by molar-refractivity contribution is 5.88. The van der Waals surface area contributed by atoms with Crippen molar-refractivity contribution >= 4 is 23.9 Å². The Morgan fingerprint density at radius 1 is 0.534 bits per heavy atom. The van der Waals surface area contributed by atoms with Crippen LogP contribution in [0.5, 0.6) is 0 Å². The average Bonchev–Trinajstić information content (AvgIpc) is 3.21. The zero-order chi connectivity index (χ0) is 42.2. The molecule has 0 radical (unpaired) electrons. The summed E-state index contributed by atoms with van der Waals surface area (Å²) in [7, 11) is 3.21. The molecule has 0 aliphatic carbocycles. The fraction of sp³-hybridized carbons (Fsp3) is 0.409. The van der Waals surface area contributed by atoms with E-state index in [9.17, 15) is 29.4 Å². The molecule has 310 valence electrons. The number of nitrogens with one attached hydrogen (secondary N) is 4. The van der Waals surface area contributed by atoms with Crippen LogP contribution in [0.3, 0.4) is 0 Å². The maximum absolute atomic E-state index is 14.0.